The van der Waals surface area contributed by atoms with Gasteiger partial charge >= 0.3 is 0 Å². The third-order valence-corrected chi connectivity index (χ3v) is 3.41. The number of anilines is 1. The molecule has 0 amide bonds. The van der Waals surface area contributed by atoms with Gasteiger partial charge in [0.1, 0.15) is 11.6 Å². The van der Waals surface area contributed by atoms with Gasteiger partial charge in [0, 0.05) is 44.8 Å². The minimum absolute atomic E-state index is 0.904. The summed E-state index contributed by atoms with van der Waals surface area (Å²) in [5, 5.41) is 3.21. The molecule has 100 valence electrons. The van der Waals surface area contributed by atoms with Gasteiger partial charge in [-0.1, -0.05) is 6.07 Å². The van der Waals surface area contributed by atoms with Crippen LogP contribution in [0.1, 0.15) is 18.3 Å². The maximum Gasteiger partial charge on any atom is 0.125 e. The highest BCUT2D eigenvalue weighted by atomic mass is 15.2. The second-order valence-corrected chi connectivity index (χ2v) is 4.83. The topological polar surface area (TPSA) is 46.0 Å². The molecule has 1 N–H and O–H groups in total. The van der Waals surface area contributed by atoms with E-state index in [2.05, 4.69) is 43.9 Å². The van der Waals surface area contributed by atoms with Gasteiger partial charge in [0.2, 0.25) is 0 Å². The molecule has 5 nitrogen and oxygen atoms in total. The van der Waals surface area contributed by atoms with Crippen molar-refractivity contribution in [2.45, 2.75) is 26.6 Å². The van der Waals surface area contributed by atoms with Crippen molar-refractivity contribution >= 4 is 5.82 Å². The molecule has 0 spiro atoms. The van der Waals surface area contributed by atoms with Crippen LogP contribution < -0.4 is 5.32 Å². The van der Waals surface area contributed by atoms with E-state index in [9.17, 15) is 0 Å². The minimum atomic E-state index is 0.904. The van der Waals surface area contributed by atoms with E-state index in [-0.39, 0.29) is 0 Å². The zero-order valence-corrected chi connectivity index (χ0v) is 11.2. The van der Waals surface area contributed by atoms with Crippen molar-refractivity contribution in [1.82, 2.24) is 19.4 Å². The summed E-state index contributed by atoms with van der Waals surface area (Å²) in [5.74, 6) is 2.10. The minimum Gasteiger partial charge on any atom is -0.370 e. The van der Waals surface area contributed by atoms with E-state index in [0.29, 0.717) is 0 Å². The van der Waals surface area contributed by atoms with Crippen LogP contribution >= 0.6 is 0 Å². The fourth-order valence-electron chi connectivity index (χ4n) is 2.42. The Kier molecular flexibility index (Phi) is 3.46. The predicted octanol–water partition coefficient (Wildman–Crippen LogP) is 1.73. The molecule has 3 heterocycles. The van der Waals surface area contributed by atoms with Crippen LogP contribution in [0.2, 0.25) is 0 Å². The van der Waals surface area contributed by atoms with Gasteiger partial charge in [-0.3, -0.25) is 4.90 Å². The lowest BCUT2D eigenvalue weighted by Crippen LogP contribution is -2.33. The fraction of sp³-hybridized carbons (Fsp3) is 0.429. The van der Waals surface area contributed by atoms with Crippen molar-refractivity contribution in [3.8, 4) is 0 Å². The molecule has 1 aliphatic heterocycles. The molecule has 1 aliphatic rings. The molecule has 0 aromatic carbocycles. The molecular weight excluding hydrogens is 238 g/mol. The van der Waals surface area contributed by atoms with E-state index < -0.39 is 0 Å². The highest BCUT2D eigenvalue weighted by molar-refractivity contribution is 5.35. The van der Waals surface area contributed by atoms with Crippen molar-refractivity contribution in [3.05, 3.63) is 42.1 Å². The number of fused-ring (bicyclic) bond motifs is 1. The lowest BCUT2D eigenvalue weighted by atomic mass is 10.2. The quantitative estimate of drug-likeness (QED) is 0.906. The number of pyridine rings is 1. The van der Waals surface area contributed by atoms with E-state index in [0.717, 1.165) is 44.4 Å². The highest BCUT2D eigenvalue weighted by Crippen LogP contribution is 2.14. The van der Waals surface area contributed by atoms with Gasteiger partial charge in [-0.25, -0.2) is 9.97 Å². The van der Waals surface area contributed by atoms with Crippen LogP contribution in [-0.4, -0.2) is 32.5 Å². The Labute approximate surface area is 113 Å². The Morgan fingerprint density at radius 2 is 2.21 bits per heavy atom. The number of hydrogen-bond donors (Lipinski definition) is 1. The van der Waals surface area contributed by atoms with E-state index in [1.54, 1.807) is 0 Å². The SMILES string of the molecule is CCNc1ccc(CN2CCn3ccnc3C2)cn1. The molecular formula is C14H19N5. The number of imidazole rings is 1. The second-order valence-electron chi connectivity index (χ2n) is 4.83. The summed E-state index contributed by atoms with van der Waals surface area (Å²) in [6.45, 7) is 6.93. The first-order valence-electron chi connectivity index (χ1n) is 6.76. The second kappa shape index (κ2) is 5.40. The summed E-state index contributed by atoms with van der Waals surface area (Å²) in [4.78, 5) is 11.2. The first-order valence-corrected chi connectivity index (χ1v) is 6.76. The van der Waals surface area contributed by atoms with Crippen LogP contribution in [0, 0.1) is 0 Å². The highest BCUT2D eigenvalue weighted by Gasteiger charge is 2.16. The molecule has 5 heteroatoms. The third kappa shape index (κ3) is 2.76. The molecule has 2 aromatic heterocycles. The normalized spacial score (nSPS) is 15.2. The number of hydrogen-bond acceptors (Lipinski definition) is 4. The Morgan fingerprint density at radius 1 is 1.26 bits per heavy atom. The molecule has 0 bridgehead atoms. The molecule has 0 radical (unpaired) electrons. The Balaban J connectivity index is 1.63. The molecule has 2 aromatic rings. The Hall–Kier alpha value is -1.88. The molecule has 19 heavy (non-hydrogen) atoms. The maximum atomic E-state index is 4.41. The van der Waals surface area contributed by atoms with Crippen LogP contribution in [0.4, 0.5) is 5.82 Å². The monoisotopic (exact) mass is 257 g/mol. The van der Waals surface area contributed by atoms with Crippen molar-refractivity contribution in [3.63, 3.8) is 0 Å². The number of aromatic nitrogens is 3. The average molecular weight is 257 g/mol. The van der Waals surface area contributed by atoms with Gasteiger partial charge < -0.3 is 9.88 Å². The van der Waals surface area contributed by atoms with Gasteiger partial charge in [0.25, 0.3) is 0 Å². The maximum absolute atomic E-state index is 4.41. The average Bonchev–Trinajstić information content (AvgIpc) is 2.89. The molecule has 0 aliphatic carbocycles. The van der Waals surface area contributed by atoms with Crippen molar-refractivity contribution in [2.24, 2.45) is 0 Å². The van der Waals surface area contributed by atoms with Crippen molar-refractivity contribution in [2.75, 3.05) is 18.4 Å². The summed E-state index contributed by atoms with van der Waals surface area (Å²) < 4.78 is 2.23. The van der Waals surface area contributed by atoms with Crippen LogP contribution in [0.15, 0.2) is 30.7 Å². The number of nitrogens with zero attached hydrogens (tertiary/aromatic N) is 4. The third-order valence-electron chi connectivity index (χ3n) is 3.41. The molecule has 0 saturated carbocycles. The summed E-state index contributed by atoms with van der Waals surface area (Å²) in [6, 6.07) is 4.19. The van der Waals surface area contributed by atoms with E-state index in [4.69, 9.17) is 0 Å². The van der Waals surface area contributed by atoms with Crippen molar-refractivity contribution < 1.29 is 0 Å². The van der Waals surface area contributed by atoms with Crippen LogP contribution in [0.25, 0.3) is 0 Å². The van der Waals surface area contributed by atoms with Crippen LogP contribution in [0.3, 0.4) is 0 Å². The largest absolute Gasteiger partial charge is 0.370 e. The van der Waals surface area contributed by atoms with Gasteiger partial charge in [-0.05, 0) is 18.6 Å². The zero-order valence-electron chi connectivity index (χ0n) is 11.2. The molecule has 0 fully saturated rings. The number of rotatable bonds is 4. The van der Waals surface area contributed by atoms with Crippen molar-refractivity contribution in [1.29, 1.82) is 0 Å². The summed E-state index contributed by atoms with van der Waals surface area (Å²) in [6.07, 6.45) is 5.89. The lowest BCUT2D eigenvalue weighted by Gasteiger charge is -2.27. The van der Waals surface area contributed by atoms with Crippen LogP contribution in [0.5, 0.6) is 0 Å². The van der Waals surface area contributed by atoms with Gasteiger partial charge in [0.05, 0.1) is 6.54 Å². The van der Waals surface area contributed by atoms with E-state index in [1.165, 1.54) is 5.56 Å². The smallest absolute Gasteiger partial charge is 0.125 e. The predicted molar refractivity (Wildman–Crippen MR) is 74.7 cm³/mol. The lowest BCUT2D eigenvalue weighted by molar-refractivity contribution is 0.208. The Bertz CT molecular complexity index is 531. The molecule has 3 rings (SSSR count). The van der Waals surface area contributed by atoms with E-state index >= 15 is 0 Å². The van der Waals surface area contributed by atoms with Gasteiger partial charge in [-0.2, -0.15) is 0 Å². The van der Waals surface area contributed by atoms with Gasteiger partial charge in [0.15, 0.2) is 0 Å². The first-order chi connectivity index (χ1) is 9.35. The summed E-state index contributed by atoms with van der Waals surface area (Å²) >= 11 is 0. The van der Waals surface area contributed by atoms with Gasteiger partial charge in [-0.15, -0.1) is 0 Å². The first kappa shape index (κ1) is 12.2. The zero-order chi connectivity index (χ0) is 13.1. The molecule has 0 atom stereocenters. The molecule has 0 saturated heterocycles. The Morgan fingerprint density at radius 3 is 3.00 bits per heavy atom. The van der Waals surface area contributed by atoms with E-state index in [1.807, 2.05) is 18.5 Å². The summed E-state index contributed by atoms with van der Waals surface area (Å²) in [5.41, 5.74) is 1.25. The summed E-state index contributed by atoms with van der Waals surface area (Å²) in [7, 11) is 0. The number of nitrogens with one attached hydrogen (secondary N) is 1. The molecule has 0 unspecified atom stereocenters. The fourth-order valence-corrected chi connectivity index (χ4v) is 2.42. The van der Waals surface area contributed by atoms with Crippen LogP contribution in [-0.2, 0) is 19.6 Å². The standard InChI is InChI=1S/C14H19N5/c1-2-15-13-4-3-12(9-17-13)10-18-7-8-19-6-5-16-14(19)11-18/h3-6,9H,2,7-8,10-11H2,1H3,(H,15,17).